The molecule has 1 aromatic heterocycles. The molecule has 3 aliphatic heterocycles. The summed E-state index contributed by atoms with van der Waals surface area (Å²) in [6.07, 6.45) is 2.87. The summed E-state index contributed by atoms with van der Waals surface area (Å²) >= 11 is 0. The van der Waals surface area contributed by atoms with E-state index in [1.165, 1.54) is 11.8 Å². The second kappa shape index (κ2) is 9.52. The normalized spacial score (nSPS) is 25.5. The average molecular weight is 548 g/mol. The van der Waals surface area contributed by atoms with Crippen LogP contribution in [0.4, 0.5) is 5.69 Å². The topological polar surface area (TPSA) is 88.9 Å². The van der Waals surface area contributed by atoms with Gasteiger partial charge in [-0.2, -0.15) is 0 Å². The van der Waals surface area contributed by atoms with E-state index in [0.717, 1.165) is 22.0 Å². The van der Waals surface area contributed by atoms with Crippen molar-refractivity contribution in [3.8, 4) is 0 Å². The van der Waals surface area contributed by atoms with Crippen LogP contribution in [-0.2, 0) is 25.7 Å². The zero-order valence-electron chi connectivity index (χ0n) is 22.6. The molecule has 0 bridgehead atoms. The van der Waals surface area contributed by atoms with Gasteiger partial charge in [0.25, 0.3) is 0 Å². The molecule has 41 heavy (non-hydrogen) atoms. The second-order valence-electron chi connectivity index (χ2n) is 11.1. The van der Waals surface area contributed by atoms with E-state index in [-0.39, 0.29) is 24.3 Å². The molecule has 0 spiro atoms. The number of fused-ring (bicyclic) bond motifs is 4. The quantitative estimate of drug-likeness (QED) is 0.265. The van der Waals surface area contributed by atoms with Crippen molar-refractivity contribution < 1.29 is 23.9 Å². The Labute approximate surface area is 237 Å². The first-order valence-corrected chi connectivity index (χ1v) is 13.9. The molecule has 0 N–H and O–H groups in total. The van der Waals surface area contributed by atoms with E-state index in [0.29, 0.717) is 25.1 Å². The minimum Gasteiger partial charge on any atom is -0.459 e. The van der Waals surface area contributed by atoms with Crippen LogP contribution in [0.15, 0.2) is 91.1 Å². The van der Waals surface area contributed by atoms with Gasteiger partial charge in [0.2, 0.25) is 17.7 Å². The standard InChI is InChI=1S/C33H29N3O5/c1-21(37)34-19-25(24-15-8-9-16-26(24)34)29-27-28(31(39)36(30(27)38)23-13-6-3-7-14-23)33(17-10-18-35(29)33)32(40)41-20-22-11-4-2-5-12-22/h2-9,11-16,19,27-29H,10,17-18,20H2,1H3/t27-,28-,29-,33+/m0/s1. The highest BCUT2D eigenvalue weighted by molar-refractivity contribution is 6.24. The number of benzene rings is 3. The van der Waals surface area contributed by atoms with Crippen molar-refractivity contribution in [2.24, 2.45) is 11.8 Å². The fourth-order valence-corrected chi connectivity index (χ4v) is 7.38. The second-order valence-corrected chi connectivity index (χ2v) is 11.1. The van der Waals surface area contributed by atoms with E-state index in [1.807, 2.05) is 65.6 Å². The van der Waals surface area contributed by atoms with Gasteiger partial charge < -0.3 is 4.74 Å². The fourth-order valence-electron chi connectivity index (χ4n) is 7.38. The highest BCUT2D eigenvalue weighted by Crippen LogP contribution is 2.60. The van der Waals surface area contributed by atoms with Gasteiger partial charge >= 0.3 is 5.97 Å². The number of anilines is 1. The number of aromatic nitrogens is 1. The smallest absolute Gasteiger partial charge is 0.327 e. The van der Waals surface area contributed by atoms with Crippen LogP contribution in [0.25, 0.3) is 10.9 Å². The Morgan fingerprint density at radius 2 is 1.59 bits per heavy atom. The van der Waals surface area contributed by atoms with Gasteiger partial charge in [-0.25, -0.2) is 4.90 Å². The largest absolute Gasteiger partial charge is 0.459 e. The summed E-state index contributed by atoms with van der Waals surface area (Å²) in [7, 11) is 0. The average Bonchev–Trinajstić information content (AvgIpc) is 3.72. The third-order valence-electron chi connectivity index (χ3n) is 8.99. The van der Waals surface area contributed by atoms with Crippen molar-refractivity contribution in [2.75, 3.05) is 11.4 Å². The number of carbonyl (C=O) groups excluding carboxylic acids is 4. The number of nitrogens with zero attached hydrogens (tertiary/aromatic N) is 3. The van der Waals surface area contributed by atoms with Crippen LogP contribution in [0.1, 0.15) is 41.7 Å². The first-order valence-electron chi connectivity index (χ1n) is 13.9. The maximum absolute atomic E-state index is 14.3. The molecule has 3 fully saturated rings. The highest BCUT2D eigenvalue weighted by Gasteiger charge is 2.74. The van der Waals surface area contributed by atoms with Gasteiger partial charge in [-0.15, -0.1) is 0 Å². The molecule has 4 aromatic rings. The third kappa shape index (κ3) is 3.63. The Morgan fingerprint density at radius 3 is 2.32 bits per heavy atom. The van der Waals surface area contributed by atoms with Crippen LogP contribution < -0.4 is 4.90 Å². The molecule has 3 saturated heterocycles. The SMILES string of the molecule is CC(=O)n1cc([C@H]2[C@H]3C(=O)N(c4ccccc4)C(=O)[C@H]3[C@@]3(C(=O)OCc4ccccc4)CCCN23)c2ccccc21. The molecule has 4 heterocycles. The summed E-state index contributed by atoms with van der Waals surface area (Å²) in [5.41, 5.74) is 1.53. The molecule has 3 aromatic carbocycles. The molecular weight excluding hydrogens is 518 g/mol. The van der Waals surface area contributed by atoms with E-state index in [9.17, 15) is 19.2 Å². The van der Waals surface area contributed by atoms with Crippen LogP contribution in [0, 0.1) is 11.8 Å². The summed E-state index contributed by atoms with van der Waals surface area (Å²) in [6, 6.07) is 25.3. The number of hydrogen-bond donors (Lipinski definition) is 0. The molecule has 8 heteroatoms. The summed E-state index contributed by atoms with van der Waals surface area (Å²) in [4.78, 5) is 58.7. The van der Waals surface area contributed by atoms with Gasteiger partial charge in [0.1, 0.15) is 12.1 Å². The minimum absolute atomic E-state index is 0.0749. The van der Waals surface area contributed by atoms with Crippen molar-refractivity contribution in [2.45, 2.75) is 38.0 Å². The van der Waals surface area contributed by atoms with Crippen LogP contribution in [-0.4, -0.2) is 45.2 Å². The van der Waals surface area contributed by atoms with Gasteiger partial charge in [0, 0.05) is 18.5 Å². The Bertz CT molecular complexity index is 1700. The number of ether oxygens (including phenoxy) is 1. The number of rotatable bonds is 5. The lowest BCUT2D eigenvalue weighted by Gasteiger charge is -2.36. The Hall–Kier alpha value is -4.56. The van der Waals surface area contributed by atoms with Crippen LogP contribution in [0.3, 0.4) is 0 Å². The lowest BCUT2D eigenvalue weighted by molar-refractivity contribution is -0.161. The Balaban J connectivity index is 1.39. The van der Waals surface area contributed by atoms with Crippen molar-refractivity contribution in [1.29, 1.82) is 0 Å². The molecule has 2 amide bonds. The maximum atomic E-state index is 14.3. The highest BCUT2D eigenvalue weighted by atomic mass is 16.5. The lowest BCUT2D eigenvalue weighted by Crippen LogP contribution is -2.54. The third-order valence-corrected chi connectivity index (χ3v) is 8.99. The number of carbonyl (C=O) groups is 4. The molecule has 3 aliphatic rings. The molecule has 8 nitrogen and oxygen atoms in total. The van der Waals surface area contributed by atoms with Crippen LogP contribution in [0.2, 0.25) is 0 Å². The molecule has 0 saturated carbocycles. The van der Waals surface area contributed by atoms with Crippen LogP contribution in [0.5, 0.6) is 0 Å². The van der Waals surface area contributed by atoms with Gasteiger partial charge in [0.15, 0.2) is 0 Å². The van der Waals surface area contributed by atoms with E-state index >= 15 is 0 Å². The first kappa shape index (κ1) is 25.4. The summed E-state index contributed by atoms with van der Waals surface area (Å²) in [6.45, 7) is 2.10. The van der Waals surface area contributed by atoms with Crippen molar-refractivity contribution in [1.82, 2.24) is 9.47 Å². The molecule has 0 unspecified atom stereocenters. The van der Waals surface area contributed by atoms with Gasteiger partial charge in [-0.05, 0) is 48.7 Å². The number of amides is 2. The first-order chi connectivity index (χ1) is 19.9. The van der Waals surface area contributed by atoms with E-state index in [4.69, 9.17) is 4.74 Å². The number of imide groups is 1. The summed E-state index contributed by atoms with van der Waals surface area (Å²) in [5, 5.41) is 0.824. The lowest BCUT2D eigenvalue weighted by atomic mass is 9.77. The van der Waals surface area contributed by atoms with Crippen LogP contribution >= 0.6 is 0 Å². The molecule has 4 atom stereocenters. The molecule has 0 radical (unpaired) electrons. The van der Waals surface area contributed by atoms with E-state index in [1.54, 1.807) is 35.0 Å². The molecule has 0 aliphatic carbocycles. The van der Waals surface area contributed by atoms with Gasteiger partial charge in [-0.1, -0.05) is 66.7 Å². The number of para-hydroxylation sites is 2. The van der Waals surface area contributed by atoms with Gasteiger partial charge in [-0.3, -0.25) is 28.6 Å². The minimum atomic E-state index is -1.29. The van der Waals surface area contributed by atoms with Crippen molar-refractivity contribution in [3.05, 3.63) is 102 Å². The Kier molecular flexibility index (Phi) is 5.90. The van der Waals surface area contributed by atoms with Crippen molar-refractivity contribution >= 4 is 40.3 Å². The molecular formula is C33H29N3O5. The summed E-state index contributed by atoms with van der Waals surface area (Å²) in [5.74, 6) is -3.07. The summed E-state index contributed by atoms with van der Waals surface area (Å²) < 4.78 is 7.53. The number of hydrogen-bond acceptors (Lipinski definition) is 6. The molecule has 7 rings (SSSR count). The monoisotopic (exact) mass is 547 g/mol. The molecule has 206 valence electrons. The van der Waals surface area contributed by atoms with Gasteiger partial charge in [0.05, 0.1) is 29.1 Å². The van der Waals surface area contributed by atoms with Crippen molar-refractivity contribution in [3.63, 3.8) is 0 Å². The zero-order chi connectivity index (χ0) is 28.3. The predicted molar refractivity (Wildman–Crippen MR) is 152 cm³/mol. The van der Waals surface area contributed by atoms with E-state index in [2.05, 4.69) is 0 Å². The van der Waals surface area contributed by atoms with E-state index < -0.39 is 29.4 Å². The fraction of sp³-hybridized carbons (Fsp3) is 0.273. The number of esters is 1. The predicted octanol–water partition coefficient (Wildman–Crippen LogP) is 4.74. The Morgan fingerprint density at radius 1 is 0.902 bits per heavy atom. The maximum Gasteiger partial charge on any atom is 0.327 e. The zero-order valence-corrected chi connectivity index (χ0v) is 22.6.